The van der Waals surface area contributed by atoms with Crippen LogP contribution in [0.2, 0.25) is 0 Å². The molecule has 2 amide bonds. The molecule has 0 saturated carbocycles. The van der Waals surface area contributed by atoms with Crippen molar-refractivity contribution in [1.82, 2.24) is 0 Å². The maximum absolute atomic E-state index is 11.6. The second kappa shape index (κ2) is 6.33. The topological polar surface area (TPSA) is 75.4 Å². The first-order chi connectivity index (χ1) is 9.20. The van der Waals surface area contributed by atoms with Crippen molar-refractivity contribution in [3.05, 3.63) is 24.3 Å². The standard InChI is InChI=1S/C14H19N3O2/c15-9-1-3-13(18)16-11-5-7-12(8-6-11)17-10-2-4-14(17)19/h5-8H,1-4,9-10,15H2,(H,16,18). The van der Waals surface area contributed by atoms with Crippen LogP contribution in [0.15, 0.2) is 24.3 Å². The smallest absolute Gasteiger partial charge is 0.227 e. The number of nitrogens with one attached hydrogen (secondary N) is 1. The normalized spacial score (nSPS) is 14.8. The number of hydrogen-bond donors (Lipinski definition) is 2. The van der Waals surface area contributed by atoms with Gasteiger partial charge >= 0.3 is 0 Å². The molecule has 1 aromatic rings. The third-order valence-corrected chi connectivity index (χ3v) is 3.14. The van der Waals surface area contributed by atoms with Gasteiger partial charge in [-0.25, -0.2) is 0 Å². The van der Waals surface area contributed by atoms with E-state index < -0.39 is 0 Å². The Morgan fingerprint density at radius 2 is 2.05 bits per heavy atom. The van der Waals surface area contributed by atoms with Crippen molar-refractivity contribution in [1.29, 1.82) is 0 Å². The van der Waals surface area contributed by atoms with Crippen molar-refractivity contribution in [3.8, 4) is 0 Å². The molecular formula is C14H19N3O2. The van der Waals surface area contributed by atoms with Crippen molar-refractivity contribution in [2.45, 2.75) is 25.7 Å². The molecule has 2 rings (SSSR count). The van der Waals surface area contributed by atoms with Gasteiger partial charge in [-0.3, -0.25) is 9.59 Å². The second-order valence-electron chi connectivity index (χ2n) is 4.64. The highest BCUT2D eigenvalue weighted by atomic mass is 16.2. The van der Waals surface area contributed by atoms with Crippen molar-refractivity contribution >= 4 is 23.2 Å². The number of amides is 2. The molecule has 3 N–H and O–H groups in total. The van der Waals surface area contributed by atoms with Gasteiger partial charge < -0.3 is 16.0 Å². The van der Waals surface area contributed by atoms with Crippen LogP contribution in [0, 0.1) is 0 Å². The van der Waals surface area contributed by atoms with E-state index in [4.69, 9.17) is 5.73 Å². The largest absolute Gasteiger partial charge is 0.330 e. The number of anilines is 2. The zero-order valence-electron chi connectivity index (χ0n) is 10.9. The Morgan fingerprint density at radius 3 is 2.63 bits per heavy atom. The maximum atomic E-state index is 11.6. The molecule has 1 fully saturated rings. The van der Waals surface area contributed by atoms with Gasteiger partial charge in [0.25, 0.3) is 0 Å². The van der Waals surface area contributed by atoms with Crippen LogP contribution in [0.5, 0.6) is 0 Å². The van der Waals surface area contributed by atoms with E-state index in [2.05, 4.69) is 5.32 Å². The molecule has 1 aliphatic rings. The van der Waals surface area contributed by atoms with Crippen LogP contribution in [-0.4, -0.2) is 24.9 Å². The molecule has 5 nitrogen and oxygen atoms in total. The summed E-state index contributed by atoms with van der Waals surface area (Å²) in [5.74, 6) is 0.134. The highest BCUT2D eigenvalue weighted by molar-refractivity contribution is 5.96. The summed E-state index contributed by atoms with van der Waals surface area (Å²) in [5, 5.41) is 2.81. The Labute approximate surface area is 112 Å². The summed E-state index contributed by atoms with van der Waals surface area (Å²) in [4.78, 5) is 24.9. The van der Waals surface area contributed by atoms with Gasteiger partial charge in [0.2, 0.25) is 11.8 Å². The number of carbonyl (C=O) groups excluding carboxylic acids is 2. The molecule has 19 heavy (non-hydrogen) atoms. The van der Waals surface area contributed by atoms with Crippen LogP contribution < -0.4 is 16.0 Å². The summed E-state index contributed by atoms with van der Waals surface area (Å²) in [6.45, 7) is 1.30. The van der Waals surface area contributed by atoms with Crippen LogP contribution in [-0.2, 0) is 9.59 Å². The monoisotopic (exact) mass is 261 g/mol. The second-order valence-corrected chi connectivity index (χ2v) is 4.64. The SMILES string of the molecule is NCCCC(=O)Nc1ccc(N2CCCC2=O)cc1. The van der Waals surface area contributed by atoms with E-state index in [0.717, 1.165) is 24.3 Å². The van der Waals surface area contributed by atoms with Gasteiger partial charge in [0.05, 0.1) is 0 Å². The van der Waals surface area contributed by atoms with Gasteiger partial charge in [0, 0.05) is 30.8 Å². The summed E-state index contributed by atoms with van der Waals surface area (Å²) in [6.07, 6.45) is 2.66. The summed E-state index contributed by atoms with van der Waals surface area (Å²) >= 11 is 0. The lowest BCUT2D eigenvalue weighted by atomic mass is 10.2. The third-order valence-electron chi connectivity index (χ3n) is 3.14. The first-order valence-electron chi connectivity index (χ1n) is 6.61. The Balaban J connectivity index is 1.94. The van der Waals surface area contributed by atoms with Crippen LogP contribution in [0.25, 0.3) is 0 Å². The first-order valence-corrected chi connectivity index (χ1v) is 6.61. The predicted octanol–water partition coefficient (Wildman–Crippen LogP) is 1.49. The predicted molar refractivity (Wildman–Crippen MR) is 74.9 cm³/mol. The Hall–Kier alpha value is -1.88. The highest BCUT2D eigenvalue weighted by Crippen LogP contribution is 2.23. The van der Waals surface area contributed by atoms with Crippen LogP contribution in [0.3, 0.4) is 0 Å². The van der Waals surface area contributed by atoms with Crippen molar-refractivity contribution in [2.24, 2.45) is 5.73 Å². The summed E-state index contributed by atoms with van der Waals surface area (Å²) in [7, 11) is 0. The summed E-state index contributed by atoms with van der Waals surface area (Å²) < 4.78 is 0. The Kier molecular flexibility index (Phi) is 4.52. The fourth-order valence-corrected chi connectivity index (χ4v) is 2.13. The molecule has 0 radical (unpaired) electrons. The molecule has 1 saturated heterocycles. The molecule has 0 unspecified atom stereocenters. The van der Waals surface area contributed by atoms with Gasteiger partial charge in [-0.05, 0) is 43.7 Å². The molecule has 0 aliphatic carbocycles. The van der Waals surface area contributed by atoms with Crippen LogP contribution in [0.1, 0.15) is 25.7 Å². The molecule has 0 atom stereocenters. The fourth-order valence-electron chi connectivity index (χ4n) is 2.13. The fraction of sp³-hybridized carbons (Fsp3) is 0.429. The zero-order chi connectivity index (χ0) is 13.7. The number of rotatable bonds is 5. The van der Waals surface area contributed by atoms with Crippen LogP contribution >= 0.6 is 0 Å². The van der Waals surface area contributed by atoms with Gasteiger partial charge in [-0.1, -0.05) is 0 Å². The van der Waals surface area contributed by atoms with E-state index in [9.17, 15) is 9.59 Å². The van der Waals surface area contributed by atoms with Crippen molar-refractivity contribution < 1.29 is 9.59 Å². The lowest BCUT2D eigenvalue weighted by Gasteiger charge is -2.16. The number of nitrogens with two attached hydrogens (primary N) is 1. The summed E-state index contributed by atoms with van der Waals surface area (Å²) in [6, 6.07) is 7.37. The average molecular weight is 261 g/mol. The molecule has 0 bridgehead atoms. The van der Waals surface area contributed by atoms with Crippen LogP contribution in [0.4, 0.5) is 11.4 Å². The minimum Gasteiger partial charge on any atom is -0.330 e. The van der Waals surface area contributed by atoms with E-state index in [1.165, 1.54) is 0 Å². The van der Waals surface area contributed by atoms with E-state index in [0.29, 0.717) is 25.8 Å². The molecule has 0 aromatic heterocycles. The zero-order valence-corrected chi connectivity index (χ0v) is 10.9. The molecule has 1 heterocycles. The van der Waals surface area contributed by atoms with E-state index in [1.807, 2.05) is 24.3 Å². The van der Waals surface area contributed by atoms with Gasteiger partial charge in [0.15, 0.2) is 0 Å². The van der Waals surface area contributed by atoms with Crippen molar-refractivity contribution in [3.63, 3.8) is 0 Å². The molecule has 0 spiro atoms. The number of hydrogen-bond acceptors (Lipinski definition) is 3. The minimum atomic E-state index is -0.0320. The van der Waals surface area contributed by atoms with Gasteiger partial charge in [-0.2, -0.15) is 0 Å². The van der Waals surface area contributed by atoms with Gasteiger partial charge in [-0.15, -0.1) is 0 Å². The van der Waals surface area contributed by atoms with Crippen molar-refractivity contribution in [2.75, 3.05) is 23.3 Å². The Morgan fingerprint density at radius 1 is 1.32 bits per heavy atom. The van der Waals surface area contributed by atoms with Gasteiger partial charge in [0.1, 0.15) is 0 Å². The lowest BCUT2D eigenvalue weighted by Crippen LogP contribution is -2.23. The van der Waals surface area contributed by atoms with E-state index >= 15 is 0 Å². The maximum Gasteiger partial charge on any atom is 0.227 e. The minimum absolute atomic E-state index is 0.0320. The highest BCUT2D eigenvalue weighted by Gasteiger charge is 2.21. The lowest BCUT2D eigenvalue weighted by molar-refractivity contribution is -0.117. The van der Waals surface area contributed by atoms with E-state index in [1.54, 1.807) is 4.90 Å². The number of benzene rings is 1. The molecule has 1 aromatic carbocycles. The summed E-state index contributed by atoms with van der Waals surface area (Å²) in [5.41, 5.74) is 6.99. The van der Waals surface area contributed by atoms with E-state index in [-0.39, 0.29) is 11.8 Å². The molecule has 1 aliphatic heterocycles. The number of carbonyl (C=O) groups is 2. The quantitative estimate of drug-likeness (QED) is 0.843. The molecule has 102 valence electrons. The number of nitrogens with zero attached hydrogens (tertiary/aromatic N) is 1. The first kappa shape index (κ1) is 13.5. The Bertz CT molecular complexity index is 456. The molecule has 5 heteroatoms. The molecular weight excluding hydrogens is 242 g/mol. The average Bonchev–Trinajstić information content (AvgIpc) is 2.83. The third kappa shape index (κ3) is 3.54.